The molecule has 2 aromatic heterocycles. The molecule has 0 aromatic carbocycles. The number of nitrogens with zero attached hydrogens (tertiary/aromatic N) is 4. The van der Waals surface area contributed by atoms with E-state index in [-0.39, 0.29) is 23.0 Å². The van der Waals surface area contributed by atoms with E-state index in [0.717, 1.165) is 0 Å². The highest BCUT2D eigenvalue weighted by atomic mass is 16.6. The normalized spacial score (nSPS) is 17.3. The monoisotopic (exact) mass is 412 g/mol. The molecule has 0 aliphatic rings. The van der Waals surface area contributed by atoms with Gasteiger partial charge in [-0.05, 0) is 18.3 Å². The molecule has 10 nitrogen and oxygen atoms in total. The van der Waals surface area contributed by atoms with E-state index in [1.807, 2.05) is 13.8 Å². The molecule has 10 heteroatoms. The average Bonchev–Trinajstić information content (AvgIpc) is 3.13. The van der Waals surface area contributed by atoms with E-state index in [0.29, 0.717) is 0 Å². The molecule has 2 atom stereocenters. The number of esters is 1. The second-order valence-electron chi connectivity index (χ2n) is 7.67. The van der Waals surface area contributed by atoms with Gasteiger partial charge in [0, 0.05) is 14.1 Å². The molecular formula is C19H32N6O4. The third kappa shape index (κ3) is 4.59. The van der Waals surface area contributed by atoms with Gasteiger partial charge in [-0.2, -0.15) is 4.98 Å². The number of nitrogens with one attached hydrogen (secondary N) is 1. The van der Waals surface area contributed by atoms with Crippen LogP contribution in [0.15, 0.2) is 11.1 Å². The van der Waals surface area contributed by atoms with E-state index in [1.54, 1.807) is 20.9 Å². The van der Waals surface area contributed by atoms with Crippen LogP contribution in [0, 0.1) is 11.3 Å². The molecule has 2 rings (SSSR count). The summed E-state index contributed by atoms with van der Waals surface area (Å²) >= 11 is 0. The molecule has 3 N–H and O–H groups in total. The fourth-order valence-corrected chi connectivity index (χ4v) is 2.50. The van der Waals surface area contributed by atoms with Gasteiger partial charge in [0.1, 0.15) is 18.8 Å². The van der Waals surface area contributed by atoms with Crippen LogP contribution in [0.1, 0.15) is 46.3 Å². The van der Waals surface area contributed by atoms with Crippen molar-refractivity contribution in [2.45, 2.75) is 46.9 Å². The van der Waals surface area contributed by atoms with Crippen molar-refractivity contribution in [1.82, 2.24) is 19.1 Å². The molecular weight excluding hydrogens is 376 g/mol. The lowest BCUT2D eigenvalue weighted by Gasteiger charge is -2.33. The minimum absolute atomic E-state index is 0.0174. The quantitative estimate of drug-likeness (QED) is 0.590. The molecule has 1 unspecified atom stereocenters. The maximum absolute atomic E-state index is 12.5. The van der Waals surface area contributed by atoms with E-state index in [4.69, 9.17) is 20.7 Å². The lowest BCUT2D eigenvalue weighted by Crippen LogP contribution is -2.47. The first kappa shape index (κ1) is 17.4. The number of hydrogen-bond donors (Lipinski definition) is 2. The van der Waals surface area contributed by atoms with Crippen molar-refractivity contribution in [2.75, 3.05) is 25.5 Å². The summed E-state index contributed by atoms with van der Waals surface area (Å²) in [6.07, 6.45) is 0.0749. The summed E-state index contributed by atoms with van der Waals surface area (Å²) in [5, 5.41) is 2.78. The first-order valence-corrected chi connectivity index (χ1v) is 9.25. The third-order valence-electron chi connectivity index (χ3n) is 5.39. The number of hydrogen-bond acceptors (Lipinski definition) is 8. The Bertz CT molecular complexity index is 1080. The number of rotatable bonds is 9. The first-order valence-electron chi connectivity index (χ1n) is 11.3. The van der Waals surface area contributed by atoms with Crippen LogP contribution in [0.4, 0.5) is 5.95 Å². The van der Waals surface area contributed by atoms with Gasteiger partial charge in [-0.3, -0.25) is 18.7 Å². The van der Waals surface area contributed by atoms with E-state index in [2.05, 4.69) is 15.3 Å². The Morgan fingerprint density at radius 3 is 2.62 bits per heavy atom. The van der Waals surface area contributed by atoms with Gasteiger partial charge in [0.2, 0.25) is 5.95 Å². The summed E-state index contributed by atoms with van der Waals surface area (Å²) in [6, 6.07) is -1.18. The highest BCUT2D eigenvalue weighted by molar-refractivity contribution is 5.76. The van der Waals surface area contributed by atoms with E-state index < -0.39 is 42.3 Å². The zero-order chi connectivity index (χ0) is 25.5. The van der Waals surface area contributed by atoms with Gasteiger partial charge in [0.05, 0.1) is 18.4 Å². The van der Waals surface area contributed by atoms with Crippen molar-refractivity contribution in [2.24, 2.45) is 24.1 Å². The second-order valence-corrected chi connectivity index (χ2v) is 7.67. The van der Waals surface area contributed by atoms with Crippen LogP contribution < -0.4 is 16.6 Å². The number of ether oxygens (including phenoxy) is 2. The maximum atomic E-state index is 12.5. The molecule has 0 saturated heterocycles. The molecule has 0 spiro atoms. The largest absolute Gasteiger partial charge is 0.462 e. The number of imidazole rings is 1. The van der Waals surface area contributed by atoms with E-state index in [1.165, 1.54) is 29.4 Å². The molecule has 0 aliphatic heterocycles. The molecule has 0 bridgehead atoms. The lowest BCUT2D eigenvalue weighted by molar-refractivity contribution is -0.151. The smallest absolute Gasteiger partial charge is 0.323 e. The lowest BCUT2D eigenvalue weighted by atomic mass is 9.75. The van der Waals surface area contributed by atoms with Crippen LogP contribution in [-0.4, -0.2) is 51.3 Å². The number of aromatic nitrogens is 4. The number of anilines is 1. The number of carbonyl (C=O) groups excluding carboxylic acids is 1. The number of nitrogens with two attached hydrogens (primary N) is 1. The summed E-state index contributed by atoms with van der Waals surface area (Å²) in [5.74, 6) is -0.859. The van der Waals surface area contributed by atoms with Crippen molar-refractivity contribution in [3.63, 3.8) is 0 Å². The fraction of sp³-hybridized carbons (Fsp3) is 0.684. The minimum Gasteiger partial charge on any atom is -0.462 e. The zero-order valence-electron chi connectivity index (χ0n) is 21.8. The Kier molecular flexibility index (Phi) is 5.35. The Balaban J connectivity index is 2.29. The molecule has 2 heterocycles. The minimum atomic E-state index is -3.17. The summed E-state index contributed by atoms with van der Waals surface area (Å²) in [7, 11) is 3.10. The maximum Gasteiger partial charge on any atom is 0.323 e. The standard InChI is InChI=1S/C19H32N6O4/c1-11(2)19(4,5)14(20)17(27)29-9-8-28-12(3)25-10-22-13-15(25)23-18(21-6)24(7)16(13)26/h10-12,14H,8-9,20H2,1-7H3,(H,21,23)/t12?,14-/m1/s1/i8D2,9D2. The van der Waals surface area contributed by atoms with Crippen LogP contribution in [-0.2, 0) is 21.3 Å². The van der Waals surface area contributed by atoms with Crippen molar-refractivity contribution >= 4 is 23.1 Å². The molecule has 0 amide bonds. The van der Waals surface area contributed by atoms with Crippen LogP contribution in [0.3, 0.4) is 0 Å². The number of fused-ring (bicyclic) bond motifs is 1. The van der Waals surface area contributed by atoms with Gasteiger partial charge in [-0.1, -0.05) is 27.7 Å². The van der Waals surface area contributed by atoms with Gasteiger partial charge in [0.15, 0.2) is 11.2 Å². The Morgan fingerprint density at radius 1 is 1.38 bits per heavy atom. The number of carbonyl (C=O) groups is 1. The van der Waals surface area contributed by atoms with Crippen molar-refractivity contribution in [3.05, 3.63) is 16.7 Å². The van der Waals surface area contributed by atoms with Crippen molar-refractivity contribution in [3.8, 4) is 0 Å². The molecule has 29 heavy (non-hydrogen) atoms. The Morgan fingerprint density at radius 2 is 2.03 bits per heavy atom. The predicted octanol–water partition coefficient (Wildman–Crippen LogP) is 1.26. The molecule has 162 valence electrons. The summed E-state index contributed by atoms with van der Waals surface area (Å²) in [6.45, 7) is 2.39. The topological polar surface area (TPSA) is 126 Å². The van der Waals surface area contributed by atoms with Crippen LogP contribution >= 0.6 is 0 Å². The van der Waals surface area contributed by atoms with Gasteiger partial charge in [0.25, 0.3) is 5.56 Å². The van der Waals surface area contributed by atoms with Crippen molar-refractivity contribution in [1.29, 1.82) is 0 Å². The van der Waals surface area contributed by atoms with E-state index in [9.17, 15) is 9.59 Å². The van der Waals surface area contributed by atoms with Gasteiger partial charge >= 0.3 is 5.97 Å². The average molecular weight is 413 g/mol. The first-order chi connectivity index (χ1) is 15.0. The van der Waals surface area contributed by atoms with E-state index >= 15 is 0 Å². The summed E-state index contributed by atoms with van der Waals surface area (Å²) in [5.41, 5.74) is 4.98. The molecule has 0 saturated carbocycles. The molecule has 0 aliphatic carbocycles. The van der Waals surface area contributed by atoms with Crippen LogP contribution in [0.5, 0.6) is 0 Å². The van der Waals surface area contributed by atoms with Gasteiger partial charge < -0.3 is 20.5 Å². The van der Waals surface area contributed by atoms with Crippen LogP contribution in [0.2, 0.25) is 0 Å². The Hall–Kier alpha value is -2.46. The zero-order valence-corrected chi connectivity index (χ0v) is 17.8. The molecule has 2 aromatic rings. The molecule has 0 radical (unpaired) electrons. The van der Waals surface area contributed by atoms with Gasteiger partial charge in [-0.15, -0.1) is 0 Å². The molecule has 0 fully saturated rings. The highest BCUT2D eigenvalue weighted by Gasteiger charge is 2.35. The van der Waals surface area contributed by atoms with Crippen molar-refractivity contribution < 1.29 is 19.8 Å². The second kappa shape index (κ2) is 8.91. The summed E-state index contributed by atoms with van der Waals surface area (Å²) < 4.78 is 45.0. The fourth-order valence-electron chi connectivity index (χ4n) is 2.50. The SMILES string of the molecule is [2H]C([2H])(OC(=O)[C@@H](N)C(C)(C)C(C)C)C([2H])([2H])OC(C)n1cnc2c(=O)n(C)c(NC)nc21. The highest BCUT2D eigenvalue weighted by Crippen LogP contribution is 2.29. The third-order valence-corrected chi connectivity index (χ3v) is 5.39. The predicted molar refractivity (Wildman–Crippen MR) is 111 cm³/mol. The van der Waals surface area contributed by atoms with Gasteiger partial charge in [-0.25, -0.2) is 4.98 Å². The van der Waals surface area contributed by atoms with Crippen LogP contribution in [0.25, 0.3) is 11.2 Å². The summed E-state index contributed by atoms with van der Waals surface area (Å²) in [4.78, 5) is 33.3. The Labute approximate surface area is 176 Å².